The molecule has 0 bridgehead atoms. The maximum atomic E-state index is 12.3. The first kappa shape index (κ1) is 21.2. The summed E-state index contributed by atoms with van der Waals surface area (Å²) in [6.45, 7) is 4.40. The second kappa shape index (κ2) is 9.81. The highest BCUT2D eigenvalue weighted by molar-refractivity contribution is 5.90. The second-order valence-electron chi connectivity index (χ2n) is 7.16. The molecule has 1 saturated heterocycles. The van der Waals surface area contributed by atoms with Gasteiger partial charge >= 0.3 is 6.03 Å². The molecule has 1 aliphatic rings. The van der Waals surface area contributed by atoms with Crippen LogP contribution in [0.2, 0.25) is 0 Å². The lowest BCUT2D eigenvalue weighted by molar-refractivity contribution is -0.0905. The summed E-state index contributed by atoms with van der Waals surface area (Å²) in [4.78, 5) is 12.3. The minimum Gasteiger partial charge on any atom is -0.394 e. The molecule has 0 radical (unpaired) electrons. The number of aromatic nitrogens is 4. The van der Waals surface area contributed by atoms with Crippen molar-refractivity contribution < 1.29 is 23.9 Å². The Hall–Kier alpha value is -2.50. The summed E-state index contributed by atoms with van der Waals surface area (Å²) in [5, 5.41) is 27.3. The Labute approximate surface area is 168 Å². The monoisotopic (exact) mass is 408 g/mol. The van der Waals surface area contributed by atoms with Crippen molar-refractivity contribution in [1.29, 1.82) is 0 Å². The normalized spacial score (nSPS) is 21.9. The van der Waals surface area contributed by atoms with Crippen LogP contribution in [-0.2, 0) is 22.6 Å². The topological polar surface area (TPSA) is 137 Å². The third-order valence-electron chi connectivity index (χ3n) is 4.94. The summed E-state index contributed by atoms with van der Waals surface area (Å²) in [6, 6.07) is -0.658. The van der Waals surface area contributed by atoms with Crippen LogP contribution in [0, 0.1) is 13.8 Å². The lowest BCUT2D eigenvalue weighted by Crippen LogP contribution is -2.52. The third kappa shape index (κ3) is 5.52. The lowest BCUT2D eigenvalue weighted by atomic mass is 9.97. The van der Waals surface area contributed by atoms with E-state index >= 15 is 0 Å². The number of carbonyl (C=O) groups is 1. The van der Waals surface area contributed by atoms with E-state index in [-0.39, 0.29) is 24.8 Å². The Kier molecular flexibility index (Phi) is 7.18. The van der Waals surface area contributed by atoms with Gasteiger partial charge in [-0.05, 0) is 33.1 Å². The number of aliphatic hydroxyl groups excluding tert-OH is 1. The molecule has 0 aliphatic carbocycles. The number of methoxy groups -OCH3 is 1. The fourth-order valence-corrected chi connectivity index (χ4v) is 3.43. The third-order valence-corrected chi connectivity index (χ3v) is 4.94. The number of ether oxygens (including phenoxy) is 2. The van der Waals surface area contributed by atoms with Gasteiger partial charge in [-0.3, -0.25) is 4.68 Å². The van der Waals surface area contributed by atoms with Gasteiger partial charge in [-0.2, -0.15) is 0 Å². The van der Waals surface area contributed by atoms with Crippen LogP contribution < -0.4 is 10.6 Å². The predicted molar refractivity (Wildman–Crippen MR) is 102 cm³/mol. The van der Waals surface area contributed by atoms with Gasteiger partial charge in [-0.15, -0.1) is 5.10 Å². The number of rotatable bonds is 8. The summed E-state index contributed by atoms with van der Waals surface area (Å²) >= 11 is 0. The van der Waals surface area contributed by atoms with Gasteiger partial charge in [0.05, 0.1) is 31.6 Å². The Morgan fingerprint density at radius 2 is 2.24 bits per heavy atom. The first-order valence-electron chi connectivity index (χ1n) is 9.64. The van der Waals surface area contributed by atoms with Gasteiger partial charge in [-0.1, -0.05) is 10.4 Å². The maximum Gasteiger partial charge on any atom is 0.319 e. The number of urea groups is 1. The molecule has 2 amide bonds. The Morgan fingerprint density at radius 3 is 2.93 bits per heavy atom. The molecular formula is C18H28N6O5. The number of amides is 2. The van der Waals surface area contributed by atoms with Crippen molar-refractivity contribution in [1.82, 2.24) is 25.5 Å². The average molecular weight is 408 g/mol. The van der Waals surface area contributed by atoms with Gasteiger partial charge in [0, 0.05) is 13.7 Å². The van der Waals surface area contributed by atoms with Crippen LogP contribution in [-0.4, -0.2) is 63.3 Å². The van der Waals surface area contributed by atoms with E-state index in [1.165, 1.54) is 0 Å². The van der Waals surface area contributed by atoms with Crippen LogP contribution in [0.3, 0.4) is 0 Å². The van der Waals surface area contributed by atoms with E-state index in [0.717, 1.165) is 18.5 Å². The van der Waals surface area contributed by atoms with Crippen molar-refractivity contribution >= 4 is 11.7 Å². The number of carbonyl (C=O) groups excluding carboxylic acids is 1. The highest BCUT2D eigenvalue weighted by Crippen LogP contribution is 2.23. The van der Waals surface area contributed by atoms with E-state index < -0.39 is 6.10 Å². The van der Waals surface area contributed by atoms with Crippen LogP contribution in [0.15, 0.2) is 10.7 Å². The average Bonchev–Trinajstić information content (AvgIpc) is 3.29. The Morgan fingerprint density at radius 1 is 1.41 bits per heavy atom. The Balaban J connectivity index is 1.47. The molecular weight excluding hydrogens is 380 g/mol. The number of aryl methyl sites for hydroxylation is 3. The molecule has 11 heteroatoms. The minimum atomic E-state index is -0.469. The molecule has 11 nitrogen and oxygen atoms in total. The number of aliphatic hydroxyl groups is 1. The molecule has 160 valence electrons. The molecule has 1 fully saturated rings. The van der Waals surface area contributed by atoms with Crippen molar-refractivity contribution in [3.05, 3.63) is 23.3 Å². The highest BCUT2D eigenvalue weighted by atomic mass is 16.5. The zero-order valence-electron chi connectivity index (χ0n) is 16.9. The molecule has 3 rings (SSSR count). The predicted octanol–water partition coefficient (Wildman–Crippen LogP) is 1.15. The van der Waals surface area contributed by atoms with Crippen molar-refractivity contribution in [2.45, 2.75) is 64.5 Å². The number of hydrogen-bond donors (Lipinski definition) is 3. The van der Waals surface area contributed by atoms with Crippen LogP contribution in [0.5, 0.6) is 0 Å². The SMILES string of the molecule is COCc1cn(CC[C@@H]2CC[C@H](NC(=O)Nc3c(C)noc3C)[C@H](CO)O2)nn1. The summed E-state index contributed by atoms with van der Waals surface area (Å²) in [7, 11) is 1.61. The first-order chi connectivity index (χ1) is 14.0. The largest absolute Gasteiger partial charge is 0.394 e. The van der Waals surface area contributed by atoms with E-state index in [2.05, 4.69) is 26.1 Å². The zero-order valence-corrected chi connectivity index (χ0v) is 16.9. The molecule has 0 unspecified atom stereocenters. The van der Waals surface area contributed by atoms with Gasteiger partial charge in [0.15, 0.2) is 5.76 Å². The van der Waals surface area contributed by atoms with E-state index in [9.17, 15) is 9.90 Å². The highest BCUT2D eigenvalue weighted by Gasteiger charge is 2.32. The number of hydrogen-bond acceptors (Lipinski definition) is 8. The summed E-state index contributed by atoms with van der Waals surface area (Å²) < 4.78 is 17.8. The molecule has 2 aromatic rings. The van der Waals surface area contributed by atoms with E-state index in [1.807, 2.05) is 6.20 Å². The van der Waals surface area contributed by atoms with Gasteiger partial charge in [0.2, 0.25) is 0 Å². The summed E-state index contributed by atoms with van der Waals surface area (Å²) in [5.74, 6) is 0.540. The molecule has 0 aromatic carbocycles. The quantitative estimate of drug-likeness (QED) is 0.592. The first-order valence-corrected chi connectivity index (χ1v) is 9.64. The number of nitrogens with zero attached hydrogens (tertiary/aromatic N) is 4. The van der Waals surface area contributed by atoms with Crippen molar-refractivity contribution in [3.63, 3.8) is 0 Å². The van der Waals surface area contributed by atoms with E-state index in [4.69, 9.17) is 14.0 Å². The lowest BCUT2D eigenvalue weighted by Gasteiger charge is -2.36. The van der Waals surface area contributed by atoms with Gasteiger partial charge in [0.1, 0.15) is 23.2 Å². The van der Waals surface area contributed by atoms with E-state index in [1.54, 1.807) is 25.6 Å². The van der Waals surface area contributed by atoms with Crippen molar-refractivity contribution in [2.24, 2.45) is 0 Å². The van der Waals surface area contributed by atoms with Crippen molar-refractivity contribution in [3.8, 4) is 0 Å². The standard InChI is InChI=1S/C18H28N6O5/c1-11-17(12(2)29-22-11)20-18(26)19-15-5-4-14(28-16(15)9-25)6-7-24-8-13(10-27-3)21-23-24/h8,14-16,25H,4-7,9-10H2,1-3H3,(H2,19,20,26)/t14-,15-,16-/m0/s1. The second-order valence-corrected chi connectivity index (χ2v) is 7.16. The molecule has 2 aromatic heterocycles. The van der Waals surface area contributed by atoms with E-state index in [0.29, 0.717) is 36.7 Å². The fraction of sp³-hybridized carbons (Fsp3) is 0.667. The molecule has 0 saturated carbocycles. The van der Waals surface area contributed by atoms with Gasteiger partial charge < -0.3 is 29.7 Å². The fourth-order valence-electron chi connectivity index (χ4n) is 3.43. The maximum absolute atomic E-state index is 12.3. The molecule has 1 aliphatic heterocycles. The molecule has 3 N–H and O–H groups in total. The summed E-state index contributed by atoms with van der Waals surface area (Å²) in [6.07, 6.45) is 3.57. The summed E-state index contributed by atoms with van der Waals surface area (Å²) in [5.41, 5.74) is 1.94. The number of anilines is 1. The molecule has 0 spiro atoms. The smallest absolute Gasteiger partial charge is 0.319 e. The van der Waals surface area contributed by atoms with Crippen molar-refractivity contribution in [2.75, 3.05) is 19.0 Å². The molecule has 29 heavy (non-hydrogen) atoms. The molecule has 3 heterocycles. The van der Waals surface area contributed by atoms with Crippen LogP contribution in [0.25, 0.3) is 0 Å². The van der Waals surface area contributed by atoms with Crippen LogP contribution >= 0.6 is 0 Å². The molecule has 3 atom stereocenters. The zero-order chi connectivity index (χ0) is 20.8. The Bertz CT molecular complexity index is 787. The van der Waals surface area contributed by atoms with Crippen LogP contribution in [0.1, 0.15) is 36.4 Å². The van der Waals surface area contributed by atoms with Gasteiger partial charge in [-0.25, -0.2) is 4.79 Å². The van der Waals surface area contributed by atoms with Gasteiger partial charge in [0.25, 0.3) is 0 Å². The minimum absolute atomic E-state index is 0.0223. The van der Waals surface area contributed by atoms with Crippen LogP contribution in [0.4, 0.5) is 10.5 Å². The number of nitrogens with one attached hydrogen (secondary N) is 2.